The second kappa shape index (κ2) is 12.8. The lowest BCUT2D eigenvalue weighted by Crippen LogP contribution is -2.02. The molecule has 0 saturated carbocycles. The van der Waals surface area contributed by atoms with Gasteiger partial charge in [-0.15, -0.1) is 0 Å². The molecule has 0 aliphatic heterocycles. The first-order valence-corrected chi connectivity index (χ1v) is 20.2. The zero-order chi connectivity index (χ0) is 38.3. The Hall–Kier alpha value is -7.36. The Bertz CT molecular complexity index is 3340. The third-order valence-corrected chi connectivity index (χ3v) is 12.3. The molecule has 3 nitrogen and oxygen atoms in total. The van der Waals surface area contributed by atoms with Gasteiger partial charge >= 0.3 is 0 Å². The predicted molar refractivity (Wildman–Crippen MR) is 243 cm³/mol. The zero-order valence-electron chi connectivity index (χ0n) is 32.0. The van der Waals surface area contributed by atoms with Gasteiger partial charge in [0.15, 0.2) is 0 Å². The molecule has 10 aromatic rings. The second-order valence-corrected chi connectivity index (χ2v) is 15.8. The van der Waals surface area contributed by atoms with E-state index in [2.05, 4.69) is 187 Å². The molecule has 1 atom stereocenters. The van der Waals surface area contributed by atoms with Crippen LogP contribution >= 0.6 is 0 Å². The Labute approximate surface area is 336 Å². The van der Waals surface area contributed by atoms with Crippen molar-refractivity contribution in [1.29, 1.82) is 0 Å². The number of imidazole rings is 1. The molecule has 272 valence electrons. The summed E-state index contributed by atoms with van der Waals surface area (Å²) in [6, 6.07) is 61.7. The van der Waals surface area contributed by atoms with Crippen molar-refractivity contribution in [2.24, 2.45) is 5.92 Å². The Kier molecular flexibility index (Phi) is 7.27. The molecule has 0 fully saturated rings. The highest BCUT2D eigenvalue weighted by molar-refractivity contribution is 6.21. The summed E-state index contributed by atoms with van der Waals surface area (Å²) >= 11 is 0. The topological polar surface area (TPSA) is 30.2 Å². The minimum absolute atomic E-state index is 0.468. The van der Waals surface area contributed by atoms with Crippen LogP contribution in [0.2, 0.25) is 0 Å². The molecule has 0 bridgehead atoms. The van der Waals surface area contributed by atoms with Crippen molar-refractivity contribution >= 4 is 43.9 Å². The van der Waals surface area contributed by atoms with E-state index in [1.165, 1.54) is 72.0 Å². The van der Waals surface area contributed by atoms with E-state index < -0.39 is 0 Å². The maximum Gasteiger partial charge on any atom is 0.149 e. The van der Waals surface area contributed by atoms with Crippen molar-refractivity contribution < 1.29 is 0 Å². The first kappa shape index (κ1) is 32.8. The highest BCUT2D eigenvalue weighted by Gasteiger charge is 2.31. The summed E-state index contributed by atoms with van der Waals surface area (Å²) < 4.78 is 2.20. The Balaban J connectivity index is 1.00. The molecule has 2 aromatic heterocycles. The van der Waals surface area contributed by atoms with Gasteiger partial charge in [-0.3, -0.25) is 4.40 Å². The molecule has 0 amide bonds. The molecule has 58 heavy (non-hydrogen) atoms. The summed E-state index contributed by atoms with van der Waals surface area (Å²) in [4.78, 5) is 10.2. The van der Waals surface area contributed by atoms with E-state index in [0.717, 1.165) is 51.0 Å². The fourth-order valence-corrected chi connectivity index (χ4v) is 9.62. The highest BCUT2D eigenvalue weighted by Crippen LogP contribution is 2.56. The smallest absolute Gasteiger partial charge is 0.149 e. The number of aromatic nitrogens is 3. The van der Waals surface area contributed by atoms with Crippen molar-refractivity contribution in [3.63, 3.8) is 0 Å². The molecule has 3 heteroatoms. The summed E-state index contributed by atoms with van der Waals surface area (Å²) in [6.07, 6.45) is 7.94. The molecular formula is C55H37N3. The molecule has 0 unspecified atom stereocenters. The van der Waals surface area contributed by atoms with E-state index in [1.807, 2.05) is 12.1 Å². The van der Waals surface area contributed by atoms with E-state index in [4.69, 9.17) is 9.97 Å². The molecule has 2 heterocycles. The van der Waals surface area contributed by atoms with Gasteiger partial charge in [0.25, 0.3) is 0 Å². The lowest BCUT2D eigenvalue weighted by Gasteiger charge is -2.24. The monoisotopic (exact) mass is 739 g/mol. The summed E-state index contributed by atoms with van der Waals surface area (Å²) in [6.45, 7) is 2.33. The van der Waals surface area contributed by atoms with Crippen molar-refractivity contribution in [2.45, 2.75) is 13.3 Å². The maximum absolute atomic E-state index is 5.19. The fourth-order valence-electron chi connectivity index (χ4n) is 9.62. The van der Waals surface area contributed by atoms with E-state index in [9.17, 15) is 0 Å². The van der Waals surface area contributed by atoms with Crippen LogP contribution in [0.15, 0.2) is 188 Å². The van der Waals surface area contributed by atoms with Gasteiger partial charge in [0.2, 0.25) is 0 Å². The Morgan fingerprint density at radius 1 is 0.500 bits per heavy atom. The average molecular weight is 740 g/mol. The van der Waals surface area contributed by atoms with Crippen LogP contribution in [0, 0.1) is 5.92 Å². The van der Waals surface area contributed by atoms with Crippen LogP contribution in [0.4, 0.5) is 0 Å². The van der Waals surface area contributed by atoms with Gasteiger partial charge in [-0.2, -0.15) is 0 Å². The molecule has 0 spiro atoms. The third kappa shape index (κ3) is 5.00. The van der Waals surface area contributed by atoms with Gasteiger partial charge in [0, 0.05) is 10.9 Å². The predicted octanol–water partition coefficient (Wildman–Crippen LogP) is 14.5. The van der Waals surface area contributed by atoms with E-state index >= 15 is 0 Å². The average Bonchev–Trinajstić information content (AvgIpc) is 3.84. The van der Waals surface area contributed by atoms with Gasteiger partial charge in [-0.25, -0.2) is 9.97 Å². The standard InChI is InChI=1S/C55H37N3/c1-34-12-9-17-41(32-34)51-45(33-46(37-13-3-2-4-14-37)52-43-19-10-15-39-16-11-20-44(50(39)43)53(51)52)38-28-24-35(25-29-38)36-26-30-40(31-27-36)54-56-47-21-6-5-18-42(47)55-57-48-22-7-8-23-49(48)58(54)55/h2-31,33-34H,32H2,1H3/t34-/m1/s1. The SMILES string of the molecule is C[C@@H]1C=CC=C(c2c(-c3ccc(-c4ccc(-c5nc6ccccc6c6nc7ccccc7n56)cc4)cc3)cc(-c3ccccc3)c3c2-c2cccc4cccc-3c24)C1. The fraction of sp³-hybridized carbons (Fsp3) is 0.0545. The van der Waals surface area contributed by atoms with Gasteiger partial charge in [0.05, 0.1) is 16.6 Å². The normalized spacial score (nSPS) is 14.4. The number of para-hydroxylation sites is 3. The van der Waals surface area contributed by atoms with Crippen LogP contribution in [-0.2, 0) is 0 Å². The van der Waals surface area contributed by atoms with Gasteiger partial charge in [-0.1, -0.05) is 165 Å². The Morgan fingerprint density at radius 3 is 1.88 bits per heavy atom. The van der Waals surface area contributed by atoms with Crippen molar-refractivity contribution in [3.05, 3.63) is 194 Å². The lowest BCUT2D eigenvalue weighted by molar-refractivity contribution is 0.749. The summed E-state index contributed by atoms with van der Waals surface area (Å²) in [5.74, 6) is 1.36. The van der Waals surface area contributed by atoms with Gasteiger partial charge < -0.3 is 0 Å². The molecule has 12 rings (SSSR count). The largest absolute Gasteiger partial charge is 0.276 e. The van der Waals surface area contributed by atoms with Gasteiger partial charge in [-0.05, 0) is 120 Å². The molecule has 2 aliphatic rings. The van der Waals surface area contributed by atoms with Crippen LogP contribution in [0.25, 0.3) is 111 Å². The van der Waals surface area contributed by atoms with Crippen molar-refractivity contribution in [3.8, 4) is 67.0 Å². The van der Waals surface area contributed by atoms with Crippen LogP contribution in [0.5, 0.6) is 0 Å². The van der Waals surface area contributed by atoms with Crippen LogP contribution < -0.4 is 0 Å². The van der Waals surface area contributed by atoms with E-state index in [0.29, 0.717) is 5.92 Å². The molecule has 0 N–H and O–H groups in total. The van der Waals surface area contributed by atoms with Crippen LogP contribution in [0.1, 0.15) is 18.9 Å². The number of rotatable bonds is 5. The first-order valence-electron chi connectivity index (χ1n) is 20.2. The molecule has 0 radical (unpaired) electrons. The number of hydrogen-bond donors (Lipinski definition) is 0. The minimum Gasteiger partial charge on any atom is -0.276 e. The van der Waals surface area contributed by atoms with Crippen molar-refractivity contribution in [1.82, 2.24) is 14.4 Å². The summed E-state index contributed by atoms with van der Waals surface area (Å²) in [5.41, 5.74) is 20.4. The van der Waals surface area contributed by atoms with Gasteiger partial charge in [0.1, 0.15) is 11.5 Å². The number of benzene rings is 8. The van der Waals surface area contributed by atoms with E-state index in [-0.39, 0.29) is 0 Å². The van der Waals surface area contributed by atoms with Crippen molar-refractivity contribution in [2.75, 3.05) is 0 Å². The Morgan fingerprint density at radius 2 is 1.12 bits per heavy atom. The number of allylic oxidation sites excluding steroid dienone is 4. The number of nitrogens with zero attached hydrogens (tertiary/aromatic N) is 3. The summed E-state index contributed by atoms with van der Waals surface area (Å²) in [7, 11) is 0. The maximum atomic E-state index is 5.19. The zero-order valence-corrected chi connectivity index (χ0v) is 32.0. The second-order valence-electron chi connectivity index (χ2n) is 15.8. The quantitative estimate of drug-likeness (QED) is 0.176. The number of fused-ring (bicyclic) bond motifs is 8. The number of hydrogen-bond acceptors (Lipinski definition) is 2. The van der Waals surface area contributed by atoms with E-state index in [1.54, 1.807) is 0 Å². The lowest BCUT2D eigenvalue weighted by atomic mass is 9.79. The molecule has 8 aromatic carbocycles. The molecule has 2 aliphatic carbocycles. The highest BCUT2D eigenvalue weighted by atomic mass is 15.1. The summed E-state index contributed by atoms with van der Waals surface area (Å²) in [5, 5.41) is 3.70. The van der Waals surface area contributed by atoms with Crippen LogP contribution in [-0.4, -0.2) is 14.4 Å². The molecule has 0 saturated heterocycles. The first-order chi connectivity index (χ1) is 28.7. The van der Waals surface area contributed by atoms with Crippen LogP contribution in [0.3, 0.4) is 0 Å². The third-order valence-electron chi connectivity index (χ3n) is 12.3. The minimum atomic E-state index is 0.468. The molecular weight excluding hydrogens is 703 g/mol.